The minimum Gasteiger partial charge on any atom is -0.497 e. The third-order valence-corrected chi connectivity index (χ3v) is 4.92. The van der Waals surface area contributed by atoms with Gasteiger partial charge in [0.25, 0.3) is 5.91 Å². The number of nitrogens with one attached hydrogen (secondary N) is 2. The highest BCUT2D eigenvalue weighted by Gasteiger charge is 2.30. The predicted molar refractivity (Wildman–Crippen MR) is 111 cm³/mol. The monoisotopic (exact) mass is 397 g/mol. The summed E-state index contributed by atoms with van der Waals surface area (Å²) in [4.78, 5) is 26.5. The fraction of sp³-hybridized carbons (Fsp3) is 0.364. The van der Waals surface area contributed by atoms with Crippen LogP contribution < -0.4 is 20.1 Å². The molecule has 0 unspecified atom stereocenters. The first kappa shape index (κ1) is 20.7. The van der Waals surface area contributed by atoms with E-state index in [2.05, 4.69) is 15.5 Å². The number of nitrogens with zero attached hydrogens (tertiary/aromatic N) is 1. The number of carbonyl (C=O) groups is 2. The summed E-state index contributed by atoms with van der Waals surface area (Å²) in [6.07, 6.45) is 2.19. The Labute approximate surface area is 171 Å². The molecule has 2 N–H and O–H groups in total. The van der Waals surface area contributed by atoms with Gasteiger partial charge in [0, 0.05) is 31.3 Å². The number of hydrogen-bond acceptors (Lipinski definition) is 5. The van der Waals surface area contributed by atoms with Gasteiger partial charge in [0.2, 0.25) is 5.91 Å². The van der Waals surface area contributed by atoms with E-state index in [-0.39, 0.29) is 18.4 Å². The number of benzene rings is 2. The summed E-state index contributed by atoms with van der Waals surface area (Å²) >= 11 is 0. The molecular formula is C22H27N3O4. The average molecular weight is 397 g/mol. The zero-order chi connectivity index (χ0) is 20.8. The second kappa shape index (κ2) is 9.43. The summed E-state index contributed by atoms with van der Waals surface area (Å²) in [6, 6.07) is 13.2. The summed E-state index contributed by atoms with van der Waals surface area (Å²) in [5.41, 5.74) is 2.31. The van der Waals surface area contributed by atoms with Gasteiger partial charge in [-0.1, -0.05) is 12.1 Å². The Morgan fingerprint density at radius 1 is 1.07 bits per heavy atom. The van der Waals surface area contributed by atoms with Gasteiger partial charge in [0.15, 0.2) is 0 Å². The van der Waals surface area contributed by atoms with Crippen LogP contribution in [0.4, 0.5) is 5.69 Å². The van der Waals surface area contributed by atoms with Gasteiger partial charge in [0.1, 0.15) is 11.5 Å². The molecule has 1 aliphatic rings. The van der Waals surface area contributed by atoms with Crippen molar-refractivity contribution < 1.29 is 19.1 Å². The van der Waals surface area contributed by atoms with E-state index >= 15 is 0 Å². The fourth-order valence-corrected chi connectivity index (χ4v) is 3.17. The highest BCUT2D eigenvalue weighted by molar-refractivity contribution is 5.94. The van der Waals surface area contributed by atoms with Gasteiger partial charge in [-0.3, -0.25) is 14.5 Å². The van der Waals surface area contributed by atoms with E-state index in [1.807, 2.05) is 24.3 Å². The van der Waals surface area contributed by atoms with E-state index in [1.54, 1.807) is 39.5 Å². The van der Waals surface area contributed by atoms with E-state index in [0.29, 0.717) is 35.3 Å². The molecular weight excluding hydrogens is 370 g/mol. The molecule has 0 atom stereocenters. The largest absolute Gasteiger partial charge is 0.497 e. The fourth-order valence-electron chi connectivity index (χ4n) is 3.17. The summed E-state index contributed by atoms with van der Waals surface area (Å²) in [5, 5.41) is 5.54. The van der Waals surface area contributed by atoms with Crippen molar-refractivity contribution in [3.05, 3.63) is 53.6 Å². The molecule has 0 radical (unpaired) electrons. The molecule has 2 aromatic carbocycles. The molecule has 0 bridgehead atoms. The average Bonchev–Trinajstić information content (AvgIpc) is 3.59. The zero-order valence-electron chi connectivity index (χ0n) is 17.0. The molecule has 1 saturated carbocycles. The second-order valence-corrected chi connectivity index (χ2v) is 7.03. The van der Waals surface area contributed by atoms with Crippen LogP contribution in [-0.4, -0.2) is 50.6 Å². The van der Waals surface area contributed by atoms with Gasteiger partial charge in [-0.25, -0.2) is 0 Å². The molecule has 154 valence electrons. The maximum Gasteiger partial charge on any atom is 0.251 e. The number of ether oxygens (including phenoxy) is 2. The van der Waals surface area contributed by atoms with Crippen LogP contribution >= 0.6 is 0 Å². The standard InChI is InChI=1S/C22H27N3O4/c1-23-22(27)16-6-4-15(5-7-16)13-25(17-8-9-17)14-21(26)24-19-11-10-18(28-2)12-20(19)29-3/h4-7,10-12,17H,8-9,13-14H2,1-3H3,(H,23,27)(H,24,26). The van der Waals surface area contributed by atoms with Crippen LogP contribution in [0.15, 0.2) is 42.5 Å². The SMILES string of the molecule is CNC(=O)c1ccc(CN(CC(=O)Nc2ccc(OC)cc2OC)C2CC2)cc1. The first-order valence-corrected chi connectivity index (χ1v) is 9.61. The van der Waals surface area contributed by atoms with E-state index in [4.69, 9.17) is 9.47 Å². The Morgan fingerprint density at radius 2 is 1.79 bits per heavy atom. The van der Waals surface area contributed by atoms with Crippen molar-refractivity contribution in [3.8, 4) is 11.5 Å². The number of carbonyl (C=O) groups excluding carboxylic acids is 2. The highest BCUT2D eigenvalue weighted by atomic mass is 16.5. The number of anilines is 1. The van der Waals surface area contributed by atoms with Gasteiger partial charge in [-0.2, -0.15) is 0 Å². The second-order valence-electron chi connectivity index (χ2n) is 7.03. The highest BCUT2D eigenvalue weighted by Crippen LogP contribution is 2.30. The van der Waals surface area contributed by atoms with Crippen LogP contribution in [0.2, 0.25) is 0 Å². The molecule has 2 amide bonds. The van der Waals surface area contributed by atoms with Gasteiger partial charge in [0.05, 0.1) is 26.5 Å². The molecule has 29 heavy (non-hydrogen) atoms. The predicted octanol–water partition coefficient (Wildman–Crippen LogP) is 2.67. The molecule has 0 aliphatic heterocycles. The van der Waals surface area contributed by atoms with Gasteiger partial charge < -0.3 is 20.1 Å². The van der Waals surface area contributed by atoms with Crippen LogP contribution in [0.1, 0.15) is 28.8 Å². The van der Waals surface area contributed by atoms with Crippen molar-refractivity contribution in [3.63, 3.8) is 0 Å². The van der Waals surface area contributed by atoms with E-state index in [0.717, 1.165) is 18.4 Å². The molecule has 0 saturated heterocycles. The smallest absolute Gasteiger partial charge is 0.251 e. The maximum absolute atomic E-state index is 12.7. The third-order valence-electron chi connectivity index (χ3n) is 4.92. The Morgan fingerprint density at radius 3 is 2.38 bits per heavy atom. The molecule has 1 aliphatic carbocycles. The third kappa shape index (κ3) is 5.48. The molecule has 0 heterocycles. The van der Waals surface area contributed by atoms with Gasteiger partial charge in [-0.05, 0) is 42.7 Å². The normalized spacial score (nSPS) is 13.1. The van der Waals surface area contributed by atoms with Crippen LogP contribution in [0.25, 0.3) is 0 Å². The Kier molecular flexibility index (Phi) is 6.72. The lowest BCUT2D eigenvalue weighted by atomic mass is 10.1. The molecule has 7 heteroatoms. The first-order chi connectivity index (χ1) is 14.0. The van der Waals surface area contributed by atoms with Gasteiger partial charge >= 0.3 is 0 Å². The zero-order valence-corrected chi connectivity index (χ0v) is 17.0. The number of amides is 2. The summed E-state index contributed by atoms with van der Waals surface area (Å²) in [6.45, 7) is 0.947. The van der Waals surface area contributed by atoms with E-state index in [1.165, 1.54) is 0 Å². The summed E-state index contributed by atoms with van der Waals surface area (Å²) < 4.78 is 10.5. The number of hydrogen-bond donors (Lipinski definition) is 2. The van der Waals surface area contributed by atoms with E-state index < -0.39 is 0 Å². The quantitative estimate of drug-likeness (QED) is 0.680. The lowest BCUT2D eigenvalue weighted by Gasteiger charge is -2.22. The van der Waals surface area contributed by atoms with Crippen LogP contribution in [-0.2, 0) is 11.3 Å². The molecule has 3 rings (SSSR count). The number of rotatable bonds is 9. The van der Waals surface area contributed by atoms with Crippen LogP contribution in [0, 0.1) is 0 Å². The van der Waals surface area contributed by atoms with Crippen molar-refractivity contribution in [2.24, 2.45) is 0 Å². The lowest BCUT2D eigenvalue weighted by molar-refractivity contribution is -0.117. The summed E-state index contributed by atoms with van der Waals surface area (Å²) in [7, 11) is 4.76. The van der Waals surface area contributed by atoms with Crippen molar-refractivity contribution in [1.82, 2.24) is 10.2 Å². The van der Waals surface area contributed by atoms with Gasteiger partial charge in [-0.15, -0.1) is 0 Å². The topological polar surface area (TPSA) is 79.9 Å². The van der Waals surface area contributed by atoms with Crippen molar-refractivity contribution in [2.75, 3.05) is 33.1 Å². The number of methoxy groups -OCH3 is 2. The van der Waals surface area contributed by atoms with Crippen LogP contribution in [0.3, 0.4) is 0 Å². The Hall–Kier alpha value is -3.06. The maximum atomic E-state index is 12.7. The van der Waals surface area contributed by atoms with Crippen molar-refractivity contribution in [1.29, 1.82) is 0 Å². The molecule has 0 spiro atoms. The minimum absolute atomic E-state index is 0.0950. The molecule has 1 fully saturated rings. The lowest BCUT2D eigenvalue weighted by Crippen LogP contribution is -2.34. The van der Waals surface area contributed by atoms with Crippen molar-refractivity contribution >= 4 is 17.5 Å². The Balaban J connectivity index is 1.63. The minimum atomic E-state index is -0.108. The first-order valence-electron chi connectivity index (χ1n) is 9.61. The van der Waals surface area contributed by atoms with Crippen molar-refractivity contribution in [2.45, 2.75) is 25.4 Å². The molecule has 0 aromatic heterocycles. The molecule has 2 aromatic rings. The summed E-state index contributed by atoms with van der Waals surface area (Å²) in [5.74, 6) is 1.02. The molecule has 7 nitrogen and oxygen atoms in total. The van der Waals surface area contributed by atoms with Crippen LogP contribution in [0.5, 0.6) is 11.5 Å². The van der Waals surface area contributed by atoms with E-state index in [9.17, 15) is 9.59 Å². The Bertz CT molecular complexity index is 863.